The predicted molar refractivity (Wildman–Crippen MR) is 72.1 cm³/mol. The lowest BCUT2D eigenvalue weighted by atomic mass is 10.2. The first kappa shape index (κ1) is 13.2. The van der Waals surface area contributed by atoms with E-state index in [1.54, 1.807) is 11.6 Å². The molecule has 1 aromatic heterocycles. The Morgan fingerprint density at radius 2 is 2.33 bits per heavy atom. The number of nitrogens with one attached hydrogen (secondary N) is 1. The van der Waals surface area contributed by atoms with Crippen LogP contribution in [-0.2, 0) is 6.54 Å². The van der Waals surface area contributed by atoms with E-state index in [2.05, 4.69) is 26.2 Å². The number of carbonyl (C=O) groups excluding carboxylic acids is 1. The third kappa shape index (κ3) is 2.94. The molecule has 1 aromatic carbocycles. The standard InChI is InChI=1S/C12H10BrFN2OS/c1-7-11(18-6-16-7)5-15-12(17)9-3-2-8(13)4-10(9)14/h2-4,6H,5H2,1H3,(H,15,17). The zero-order valence-electron chi connectivity index (χ0n) is 9.54. The molecule has 0 unspecified atom stereocenters. The molecule has 1 N–H and O–H groups in total. The highest BCUT2D eigenvalue weighted by molar-refractivity contribution is 9.10. The largest absolute Gasteiger partial charge is 0.347 e. The second kappa shape index (κ2) is 5.58. The van der Waals surface area contributed by atoms with Crippen LogP contribution in [-0.4, -0.2) is 10.9 Å². The molecule has 2 rings (SSSR count). The summed E-state index contributed by atoms with van der Waals surface area (Å²) < 4.78 is 14.2. The van der Waals surface area contributed by atoms with Crippen LogP contribution < -0.4 is 5.32 Å². The van der Waals surface area contributed by atoms with Crippen LogP contribution >= 0.6 is 27.3 Å². The molecule has 0 atom stereocenters. The third-order valence-electron chi connectivity index (χ3n) is 2.43. The molecule has 0 saturated carbocycles. The number of benzene rings is 1. The average Bonchev–Trinajstić information content (AvgIpc) is 2.72. The zero-order chi connectivity index (χ0) is 13.1. The number of nitrogens with zero attached hydrogens (tertiary/aromatic N) is 1. The molecule has 0 aliphatic rings. The third-order valence-corrected chi connectivity index (χ3v) is 3.86. The highest BCUT2D eigenvalue weighted by Crippen LogP contribution is 2.16. The number of halogens is 2. The zero-order valence-corrected chi connectivity index (χ0v) is 11.9. The van der Waals surface area contributed by atoms with Gasteiger partial charge in [0.1, 0.15) is 5.82 Å². The van der Waals surface area contributed by atoms with Gasteiger partial charge in [0.15, 0.2) is 0 Å². The van der Waals surface area contributed by atoms with Crippen LogP contribution in [0.3, 0.4) is 0 Å². The van der Waals surface area contributed by atoms with Gasteiger partial charge in [-0.15, -0.1) is 11.3 Å². The molecule has 0 aliphatic heterocycles. The first-order valence-corrected chi connectivity index (χ1v) is 6.87. The van der Waals surface area contributed by atoms with Gasteiger partial charge >= 0.3 is 0 Å². The van der Waals surface area contributed by atoms with Crippen molar-refractivity contribution >= 4 is 33.2 Å². The first-order chi connectivity index (χ1) is 8.58. The second-order valence-electron chi connectivity index (χ2n) is 3.67. The number of aromatic nitrogens is 1. The maximum absolute atomic E-state index is 13.5. The summed E-state index contributed by atoms with van der Waals surface area (Å²) in [5, 5.41) is 2.68. The molecule has 0 spiro atoms. The Kier molecular flexibility index (Phi) is 4.08. The topological polar surface area (TPSA) is 42.0 Å². The average molecular weight is 329 g/mol. The van der Waals surface area contributed by atoms with Crippen molar-refractivity contribution < 1.29 is 9.18 Å². The van der Waals surface area contributed by atoms with Gasteiger partial charge < -0.3 is 5.32 Å². The van der Waals surface area contributed by atoms with Gasteiger partial charge in [0.05, 0.1) is 23.3 Å². The lowest BCUT2D eigenvalue weighted by Crippen LogP contribution is -2.23. The molecule has 1 amide bonds. The van der Waals surface area contributed by atoms with Gasteiger partial charge in [-0.25, -0.2) is 9.37 Å². The molecule has 3 nitrogen and oxygen atoms in total. The molecule has 0 bridgehead atoms. The fourth-order valence-corrected chi connectivity index (χ4v) is 2.48. The van der Waals surface area contributed by atoms with Gasteiger partial charge in [0.2, 0.25) is 0 Å². The minimum Gasteiger partial charge on any atom is -0.347 e. The van der Waals surface area contributed by atoms with Crippen molar-refractivity contribution in [2.75, 3.05) is 0 Å². The molecular formula is C12H10BrFN2OS. The monoisotopic (exact) mass is 328 g/mol. The number of amides is 1. The van der Waals surface area contributed by atoms with E-state index in [0.717, 1.165) is 10.6 Å². The summed E-state index contributed by atoms with van der Waals surface area (Å²) in [6.07, 6.45) is 0. The van der Waals surface area contributed by atoms with E-state index in [0.29, 0.717) is 11.0 Å². The van der Waals surface area contributed by atoms with Crippen LogP contribution in [0.1, 0.15) is 20.9 Å². The number of rotatable bonds is 3. The summed E-state index contributed by atoms with van der Waals surface area (Å²) in [5.41, 5.74) is 2.65. The summed E-state index contributed by atoms with van der Waals surface area (Å²) in [6, 6.07) is 4.36. The van der Waals surface area contributed by atoms with Crippen molar-refractivity contribution in [3.63, 3.8) is 0 Å². The van der Waals surface area contributed by atoms with Crippen molar-refractivity contribution in [1.29, 1.82) is 0 Å². The maximum atomic E-state index is 13.5. The summed E-state index contributed by atoms with van der Waals surface area (Å²) in [6.45, 7) is 2.24. The lowest BCUT2D eigenvalue weighted by Gasteiger charge is -2.05. The quantitative estimate of drug-likeness (QED) is 0.939. The summed E-state index contributed by atoms with van der Waals surface area (Å²) in [7, 11) is 0. The predicted octanol–water partition coefficient (Wildman–Crippen LogP) is 3.28. The molecule has 6 heteroatoms. The molecule has 0 saturated heterocycles. The smallest absolute Gasteiger partial charge is 0.254 e. The van der Waals surface area contributed by atoms with Crippen LogP contribution in [0.15, 0.2) is 28.2 Å². The van der Waals surface area contributed by atoms with Crippen molar-refractivity contribution in [3.05, 3.63) is 50.1 Å². The summed E-state index contributed by atoms with van der Waals surface area (Å²) >= 11 is 4.61. The molecular weight excluding hydrogens is 319 g/mol. The molecule has 94 valence electrons. The molecule has 0 aliphatic carbocycles. The number of aryl methyl sites for hydroxylation is 1. The van der Waals surface area contributed by atoms with E-state index in [1.165, 1.54) is 23.5 Å². The van der Waals surface area contributed by atoms with E-state index in [4.69, 9.17) is 0 Å². The fourth-order valence-electron chi connectivity index (χ4n) is 1.43. The minimum absolute atomic E-state index is 0.0420. The van der Waals surface area contributed by atoms with Crippen LogP contribution in [0.2, 0.25) is 0 Å². The maximum Gasteiger partial charge on any atom is 0.254 e. The molecule has 2 aromatic rings. The van der Waals surface area contributed by atoms with E-state index in [-0.39, 0.29) is 5.56 Å². The van der Waals surface area contributed by atoms with Crippen molar-refractivity contribution in [3.8, 4) is 0 Å². The number of hydrogen-bond donors (Lipinski definition) is 1. The van der Waals surface area contributed by atoms with E-state index in [1.807, 2.05) is 6.92 Å². The molecule has 0 radical (unpaired) electrons. The van der Waals surface area contributed by atoms with Gasteiger partial charge in [0, 0.05) is 9.35 Å². The Hall–Kier alpha value is -1.27. The normalized spacial score (nSPS) is 10.4. The van der Waals surface area contributed by atoms with Crippen LogP contribution in [0.5, 0.6) is 0 Å². The van der Waals surface area contributed by atoms with Gasteiger partial charge in [-0.05, 0) is 25.1 Å². The Morgan fingerprint density at radius 3 is 2.94 bits per heavy atom. The van der Waals surface area contributed by atoms with Crippen LogP contribution in [0, 0.1) is 12.7 Å². The molecule has 1 heterocycles. The van der Waals surface area contributed by atoms with Crippen LogP contribution in [0.25, 0.3) is 0 Å². The van der Waals surface area contributed by atoms with Gasteiger partial charge in [-0.2, -0.15) is 0 Å². The Bertz CT molecular complexity index is 585. The summed E-state index contributed by atoms with van der Waals surface area (Å²) in [5.74, 6) is -0.962. The van der Waals surface area contributed by atoms with E-state index >= 15 is 0 Å². The van der Waals surface area contributed by atoms with Crippen molar-refractivity contribution in [2.45, 2.75) is 13.5 Å². The van der Waals surface area contributed by atoms with Crippen molar-refractivity contribution in [2.24, 2.45) is 0 Å². The first-order valence-electron chi connectivity index (χ1n) is 5.20. The highest BCUT2D eigenvalue weighted by Gasteiger charge is 2.12. The SMILES string of the molecule is Cc1ncsc1CNC(=O)c1ccc(Br)cc1F. The minimum atomic E-state index is -0.539. The summed E-state index contributed by atoms with van der Waals surface area (Å²) in [4.78, 5) is 16.9. The van der Waals surface area contributed by atoms with Gasteiger partial charge in [0.25, 0.3) is 5.91 Å². The number of thiazole rings is 1. The molecule has 18 heavy (non-hydrogen) atoms. The van der Waals surface area contributed by atoms with E-state index in [9.17, 15) is 9.18 Å². The Morgan fingerprint density at radius 1 is 1.56 bits per heavy atom. The van der Waals surface area contributed by atoms with Crippen LogP contribution in [0.4, 0.5) is 4.39 Å². The van der Waals surface area contributed by atoms with E-state index < -0.39 is 11.7 Å². The van der Waals surface area contributed by atoms with Crippen molar-refractivity contribution in [1.82, 2.24) is 10.3 Å². The lowest BCUT2D eigenvalue weighted by molar-refractivity contribution is 0.0947. The Balaban J connectivity index is 2.06. The fraction of sp³-hybridized carbons (Fsp3) is 0.167. The Labute approximate surface area is 116 Å². The number of hydrogen-bond acceptors (Lipinski definition) is 3. The van der Waals surface area contributed by atoms with Gasteiger partial charge in [-0.1, -0.05) is 15.9 Å². The molecule has 0 fully saturated rings. The highest BCUT2D eigenvalue weighted by atomic mass is 79.9. The van der Waals surface area contributed by atoms with Gasteiger partial charge in [-0.3, -0.25) is 4.79 Å². The second-order valence-corrected chi connectivity index (χ2v) is 5.52. The number of carbonyl (C=O) groups is 1.